The predicted octanol–water partition coefficient (Wildman–Crippen LogP) is 2.19. The van der Waals surface area contributed by atoms with Gasteiger partial charge in [-0.2, -0.15) is 0 Å². The Bertz CT molecular complexity index is 529. The molecule has 0 aliphatic carbocycles. The number of anilines is 2. The molecule has 5 nitrogen and oxygen atoms in total. The highest BCUT2D eigenvalue weighted by Gasteiger charge is 2.20. The maximum atomic E-state index is 12.4. The summed E-state index contributed by atoms with van der Waals surface area (Å²) in [5, 5.41) is 3.11. The van der Waals surface area contributed by atoms with Crippen molar-refractivity contribution >= 4 is 17.3 Å². The third kappa shape index (κ3) is 4.45. The molecule has 126 valence electrons. The van der Waals surface area contributed by atoms with Crippen molar-refractivity contribution in [3.63, 3.8) is 0 Å². The molecule has 2 aliphatic rings. The number of piperidine rings is 1. The van der Waals surface area contributed by atoms with E-state index in [0.29, 0.717) is 12.5 Å². The molecule has 2 aliphatic heterocycles. The molecule has 0 saturated carbocycles. The van der Waals surface area contributed by atoms with E-state index in [1.807, 2.05) is 18.2 Å². The highest BCUT2D eigenvalue weighted by atomic mass is 16.5. The van der Waals surface area contributed by atoms with Crippen molar-refractivity contribution in [1.29, 1.82) is 0 Å². The van der Waals surface area contributed by atoms with E-state index < -0.39 is 0 Å². The largest absolute Gasteiger partial charge is 0.378 e. The number of benzene rings is 1. The van der Waals surface area contributed by atoms with E-state index in [4.69, 9.17) is 4.74 Å². The monoisotopic (exact) mass is 317 g/mol. The highest BCUT2D eigenvalue weighted by Crippen LogP contribution is 2.26. The molecule has 0 bridgehead atoms. The van der Waals surface area contributed by atoms with Gasteiger partial charge in [0.1, 0.15) is 0 Å². The fraction of sp³-hybridized carbons (Fsp3) is 0.611. The summed E-state index contributed by atoms with van der Waals surface area (Å²) in [5.74, 6) is 0.775. The second-order valence-electron chi connectivity index (χ2n) is 6.65. The van der Waals surface area contributed by atoms with E-state index in [1.54, 1.807) is 0 Å². The average Bonchev–Trinajstić information content (AvgIpc) is 2.56. The van der Waals surface area contributed by atoms with Crippen LogP contribution in [0.1, 0.15) is 19.8 Å². The first kappa shape index (κ1) is 16.3. The zero-order valence-corrected chi connectivity index (χ0v) is 14.0. The number of morpholine rings is 1. The fourth-order valence-electron chi connectivity index (χ4n) is 3.48. The Morgan fingerprint density at radius 1 is 1.26 bits per heavy atom. The lowest BCUT2D eigenvalue weighted by Crippen LogP contribution is -2.40. The lowest BCUT2D eigenvalue weighted by Gasteiger charge is -2.31. The summed E-state index contributed by atoms with van der Waals surface area (Å²) in [5.41, 5.74) is 2.00. The van der Waals surface area contributed by atoms with Crippen LogP contribution in [0.2, 0.25) is 0 Å². The predicted molar refractivity (Wildman–Crippen MR) is 92.9 cm³/mol. The Labute approximate surface area is 138 Å². The standard InChI is InChI=1S/C18H27N3O2/c1-15-5-4-8-20(13-15)14-18(22)19-16-6-2-3-7-17(16)21-9-11-23-12-10-21/h2-3,6-7,15H,4-5,8-14H2,1H3,(H,19,22)/t15-/m1/s1. The van der Waals surface area contributed by atoms with Gasteiger partial charge in [0.2, 0.25) is 5.91 Å². The maximum absolute atomic E-state index is 12.4. The smallest absolute Gasteiger partial charge is 0.238 e. The zero-order chi connectivity index (χ0) is 16.1. The van der Waals surface area contributed by atoms with Gasteiger partial charge in [-0.05, 0) is 37.4 Å². The van der Waals surface area contributed by atoms with Crippen molar-refractivity contribution in [3.8, 4) is 0 Å². The second-order valence-corrected chi connectivity index (χ2v) is 6.65. The minimum Gasteiger partial charge on any atom is -0.378 e. The Hall–Kier alpha value is -1.59. The normalized spacial score (nSPS) is 22.8. The molecule has 1 aromatic rings. The van der Waals surface area contributed by atoms with Crippen molar-refractivity contribution < 1.29 is 9.53 Å². The second kappa shape index (κ2) is 7.79. The van der Waals surface area contributed by atoms with Crippen LogP contribution in [0.15, 0.2) is 24.3 Å². The van der Waals surface area contributed by atoms with Crippen LogP contribution in [0.5, 0.6) is 0 Å². The minimum atomic E-state index is 0.0832. The van der Waals surface area contributed by atoms with Gasteiger partial charge in [0.05, 0.1) is 31.1 Å². The molecule has 5 heteroatoms. The van der Waals surface area contributed by atoms with Gasteiger partial charge < -0.3 is 15.0 Å². The van der Waals surface area contributed by atoms with Crippen molar-refractivity contribution in [3.05, 3.63) is 24.3 Å². The average molecular weight is 317 g/mol. The summed E-state index contributed by atoms with van der Waals surface area (Å²) < 4.78 is 5.42. The molecular formula is C18H27N3O2. The number of carbonyl (C=O) groups excluding carboxylic acids is 1. The van der Waals surface area contributed by atoms with Gasteiger partial charge in [-0.3, -0.25) is 9.69 Å². The molecule has 1 N–H and O–H groups in total. The van der Waals surface area contributed by atoms with E-state index in [-0.39, 0.29) is 5.91 Å². The quantitative estimate of drug-likeness (QED) is 0.925. The van der Waals surface area contributed by atoms with Crippen LogP contribution in [-0.4, -0.2) is 56.7 Å². The summed E-state index contributed by atoms with van der Waals surface area (Å²) in [7, 11) is 0. The molecular weight excluding hydrogens is 290 g/mol. The van der Waals surface area contributed by atoms with Gasteiger partial charge in [-0.25, -0.2) is 0 Å². The molecule has 0 unspecified atom stereocenters. The lowest BCUT2D eigenvalue weighted by atomic mass is 10.0. The molecule has 1 atom stereocenters. The summed E-state index contributed by atoms with van der Waals surface area (Å²) >= 11 is 0. The summed E-state index contributed by atoms with van der Waals surface area (Å²) in [6, 6.07) is 8.06. The number of para-hydroxylation sites is 2. The fourth-order valence-corrected chi connectivity index (χ4v) is 3.48. The van der Waals surface area contributed by atoms with E-state index >= 15 is 0 Å². The van der Waals surface area contributed by atoms with E-state index in [1.165, 1.54) is 12.8 Å². The molecule has 0 aromatic heterocycles. The number of ether oxygens (including phenoxy) is 1. The third-order valence-electron chi connectivity index (χ3n) is 4.64. The Balaban J connectivity index is 1.61. The Kier molecular flexibility index (Phi) is 5.51. The van der Waals surface area contributed by atoms with Crippen molar-refractivity contribution in [2.45, 2.75) is 19.8 Å². The molecule has 2 heterocycles. The molecule has 1 aromatic carbocycles. The highest BCUT2D eigenvalue weighted by molar-refractivity contribution is 5.95. The van der Waals surface area contributed by atoms with E-state index in [0.717, 1.165) is 50.8 Å². The molecule has 2 fully saturated rings. The summed E-state index contributed by atoms with van der Waals surface area (Å²) in [4.78, 5) is 17.0. The van der Waals surface area contributed by atoms with Crippen LogP contribution in [0.3, 0.4) is 0 Å². The van der Waals surface area contributed by atoms with Crippen molar-refractivity contribution in [2.24, 2.45) is 5.92 Å². The van der Waals surface area contributed by atoms with Crippen LogP contribution < -0.4 is 10.2 Å². The van der Waals surface area contributed by atoms with E-state index in [2.05, 4.69) is 28.1 Å². The molecule has 0 spiro atoms. The third-order valence-corrected chi connectivity index (χ3v) is 4.64. The molecule has 2 saturated heterocycles. The first-order chi connectivity index (χ1) is 11.2. The van der Waals surface area contributed by atoms with Crippen LogP contribution in [0.4, 0.5) is 11.4 Å². The summed E-state index contributed by atoms with van der Waals surface area (Å²) in [6.45, 7) is 8.04. The van der Waals surface area contributed by atoms with Crippen molar-refractivity contribution in [1.82, 2.24) is 4.90 Å². The lowest BCUT2D eigenvalue weighted by molar-refractivity contribution is -0.117. The maximum Gasteiger partial charge on any atom is 0.238 e. The number of amides is 1. The van der Waals surface area contributed by atoms with Gasteiger partial charge in [-0.15, -0.1) is 0 Å². The van der Waals surface area contributed by atoms with Gasteiger partial charge in [0.15, 0.2) is 0 Å². The van der Waals surface area contributed by atoms with Crippen molar-refractivity contribution in [2.75, 3.05) is 56.2 Å². The molecule has 3 rings (SSSR count). The first-order valence-corrected chi connectivity index (χ1v) is 8.66. The van der Waals surface area contributed by atoms with Gasteiger partial charge in [-0.1, -0.05) is 19.1 Å². The molecule has 0 radical (unpaired) electrons. The van der Waals surface area contributed by atoms with Gasteiger partial charge >= 0.3 is 0 Å². The Morgan fingerprint density at radius 3 is 2.83 bits per heavy atom. The number of nitrogens with one attached hydrogen (secondary N) is 1. The first-order valence-electron chi connectivity index (χ1n) is 8.66. The SMILES string of the molecule is C[C@@H]1CCCN(CC(=O)Nc2ccccc2N2CCOCC2)C1. The minimum absolute atomic E-state index is 0.0832. The summed E-state index contributed by atoms with van der Waals surface area (Å²) in [6.07, 6.45) is 2.47. The number of hydrogen-bond acceptors (Lipinski definition) is 4. The number of nitrogens with zero attached hydrogens (tertiary/aromatic N) is 2. The topological polar surface area (TPSA) is 44.8 Å². The van der Waals surface area contributed by atoms with Gasteiger partial charge in [0, 0.05) is 19.6 Å². The number of hydrogen-bond donors (Lipinski definition) is 1. The van der Waals surface area contributed by atoms with Crippen LogP contribution >= 0.6 is 0 Å². The number of rotatable bonds is 4. The van der Waals surface area contributed by atoms with Crippen LogP contribution in [0, 0.1) is 5.92 Å². The zero-order valence-electron chi connectivity index (χ0n) is 14.0. The number of carbonyl (C=O) groups is 1. The number of likely N-dealkylation sites (tertiary alicyclic amines) is 1. The molecule has 23 heavy (non-hydrogen) atoms. The van der Waals surface area contributed by atoms with E-state index in [9.17, 15) is 4.79 Å². The van der Waals surface area contributed by atoms with Gasteiger partial charge in [0.25, 0.3) is 0 Å². The molecule has 1 amide bonds. The Morgan fingerprint density at radius 2 is 2.04 bits per heavy atom. The van der Waals surface area contributed by atoms with Crippen LogP contribution in [0.25, 0.3) is 0 Å². The van der Waals surface area contributed by atoms with Crippen LogP contribution in [-0.2, 0) is 9.53 Å².